The monoisotopic (exact) mass is 212 g/mol. The van der Waals surface area contributed by atoms with Gasteiger partial charge in [0.2, 0.25) is 0 Å². The third kappa shape index (κ3) is 3.29. The number of alkyl halides is 2. The quantitative estimate of drug-likeness (QED) is 0.694. The van der Waals surface area contributed by atoms with Gasteiger partial charge in [-0.1, -0.05) is 45.0 Å². The summed E-state index contributed by atoms with van der Waals surface area (Å²) in [6, 6.07) is 6.69. The molecule has 2 heteroatoms. The van der Waals surface area contributed by atoms with Crippen molar-refractivity contribution in [3.8, 4) is 0 Å². The van der Waals surface area contributed by atoms with Gasteiger partial charge in [0.25, 0.3) is 5.92 Å². The average Bonchev–Trinajstić information content (AvgIpc) is 2.18. The Bertz CT molecular complexity index is 299. The Balaban J connectivity index is 2.81. The van der Waals surface area contributed by atoms with Crippen LogP contribution in [-0.4, -0.2) is 0 Å². The van der Waals surface area contributed by atoms with Gasteiger partial charge >= 0.3 is 0 Å². The molecule has 15 heavy (non-hydrogen) atoms. The summed E-state index contributed by atoms with van der Waals surface area (Å²) in [6.45, 7) is 5.74. The molecule has 1 aromatic rings. The SMILES string of the molecule is CCC(F)(F)c1ccc(CC(C)C)cc1. The number of benzene rings is 1. The van der Waals surface area contributed by atoms with Crippen LogP contribution < -0.4 is 0 Å². The fourth-order valence-corrected chi connectivity index (χ4v) is 1.56. The van der Waals surface area contributed by atoms with Gasteiger partial charge < -0.3 is 0 Å². The molecule has 0 aliphatic rings. The van der Waals surface area contributed by atoms with Crippen LogP contribution in [0.4, 0.5) is 8.78 Å². The Morgan fingerprint density at radius 3 is 2.07 bits per heavy atom. The van der Waals surface area contributed by atoms with Gasteiger partial charge in [-0.15, -0.1) is 0 Å². The van der Waals surface area contributed by atoms with E-state index in [4.69, 9.17) is 0 Å². The van der Waals surface area contributed by atoms with E-state index in [0.29, 0.717) is 5.92 Å². The highest BCUT2D eigenvalue weighted by Crippen LogP contribution is 2.31. The molecular formula is C13H18F2. The summed E-state index contributed by atoms with van der Waals surface area (Å²) in [7, 11) is 0. The summed E-state index contributed by atoms with van der Waals surface area (Å²) in [4.78, 5) is 0. The maximum atomic E-state index is 13.3. The third-order valence-electron chi connectivity index (χ3n) is 2.46. The van der Waals surface area contributed by atoms with Crippen LogP contribution in [0.1, 0.15) is 38.3 Å². The maximum absolute atomic E-state index is 13.3. The standard InChI is InChI=1S/C13H18F2/c1-4-13(14,15)12-7-5-11(6-8-12)9-10(2)3/h5-8,10H,4,9H2,1-3H3. The van der Waals surface area contributed by atoms with E-state index in [-0.39, 0.29) is 12.0 Å². The minimum Gasteiger partial charge on any atom is -0.201 e. The molecule has 1 rings (SSSR count). The van der Waals surface area contributed by atoms with Gasteiger partial charge in [-0.2, -0.15) is 0 Å². The molecule has 0 aliphatic carbocycles. The van der Waals surface area contributed by atoms with Gasteiger partial charge in [0, 0.05) is 12.0 Å². The molecule has 0 N–H and O–H groups in total. The van der Waals surface area contributed by atoms with Crippen LogP contribution >= 0.6 is 0 Å². The lowest BCUT2D eigenvalue weighted by atomic mass is 9.99. The van der Waals surface area contributed by atoms with Gasteiger partial charge in [0.1, 0.15) is 0 Å². The van der Waals surface area contributed by atoms with Crippen molar-refractivity contribution in [2.45, 2.75) is 39.5 Å². The Morgan fingerprint density at radius 1 is 1.13 bits per heavy atom. The molecule has 1 aromatic carbocycles. The molecule has 0 aliphatic heterocycles. The first-order chi connectivity index (χ1) is 6.95. The molecule has 0 saturated heterocycles. The molecule has 0 radical (unpaired) electrons. The smallest absolute Gasteiger partial charge is 0.201 e. The van der Waals surface area contributed by atoms with Crippen LogP contribution in [-0.2, 0) is 12.3 Å². The second-order valence-electron chi connectivity index (χ2n) is 4.35. The summed E-state index contributed by atoms with van der Waals surface area (Å²) >= 11 is 0. The van der Waals surface area contributed by atoms with Gasteiger partial charge in [-0.05, 0) is 17.9 Å². The van der Waals surface area contributed by atoms with Gasteiger partial charge in [-0.25, -0.2) is 8.78 Å². The lowest BCUT2D eigenvalue weighted by Gasteiger charge is -2.15. The van der Waals surface area contributed by atoms with Crippen LogP contribution in [0.2, 0.25) is 0 Å². The van der Waals surface area contributed by atoms with Crippen LogP contribution in [0.5, 0.6) is 0 Å². The number of halogens is 2. The van der Waals surface area contributed by atoms with Crippen molar-refractivity contribution in [2.75, 3.05) is 0 Å². The van der Waals surface area contributed by atoms with Crippen molar-refractivity contribution in [1.82, 2.24) is 0 Å². The lowest BCUT2D eigenvalue weighted by molar-refractivity contribution is -0.00829. The van der Waals surface area contributed by atoms with Crippen molar-refractivity contribution in [3.05, 3.63) is 35.4 Å². The molecule has 0 bridgehead atoms. The topological polar surface area (TPSA) is 0 Å². The van der Waals surface area contributed by atoms with E-state index >= 15 is 0 Å². The minimum absolute atomic E-state index is 0.123. The molecule has 0 saturated carbocycles. The van der Waals surface area contributed by atoms with E-state index in [0.717, 1.165) is 12.0 Å². The van der Waals surface area contributed by atoms with Crippen LogP contribution in [0.15, 0.2) is 24.3 Å². The summed E-state index contributed by atoms with van der Waals surface area (Å²) in [5.41, 5.74) is 1.25. The maximum Gasteiger partial charge on any atom is 0.273 e. The van der Waals surface area contributed by atoms with Crippen molar-refractivity contribution < 1.29 is 8.78 Å². The van der Waals surface area contributed by atoms with E-state index < -0.39 is 5.92 Å². The molecule has 0 atom stereocenters. The summed E-state index contributed by atoms with van der Waals surface area (Å²) < 4.78 is 26.6. The fraction of sp³-hybridized carbons (Fsp3) is 0.538. The minimum atomic E-state index is -2.68. The van der Waals surface area contributed by atoms with Crippen molar-refractivity contribution in [1.29, 1.82) is 0 Å². The molecule has 0 amide bonds. The normalized spacial score (nSPS) is 12.1. The first-order valence-electron chi connectivity index (χ1n) is 5.43. The number of rotatable bonds is 4. The van der Waals surface area contributed by atoms with Crippen LogP contribution in [0.3, 0.4) is 0 Å². The Morgan fingerprint density at radius 2 is 1.67 bits per heavy atom. The van der Waals surface area contributed by atoms with Gasteiger partial charge in [0.15, 0.2) is 0 Å². The average molecular weight is 212 g/mol. The van der Waals surface area contributed by atoms with E-state index in [1.807, 2.05) is 0 Å². The molecule has 0 heterocycles. The summed E-state index contributed by atoms with van der Waals surface area (Å²) in [5.74, 6) is -2.13. The highest BCUT2D eigenvalue weighted by atomic mass is 19.3. The molecule has 0 nitrogen and oxygen atoms in total. The molecular weight excluding hydrogens is 194 g/mol. The largest absolute Gasteiger partial charge is 0.273 e. The lowest BCUT2D eigenvalue weighted by Crippen LogP contribution is -2.11. The highest BCUT2D eigenvalue weighted by Gasteiger charge is 2.28. The number of hydrogen-bond acceptors (Lipinski definition) is 0. The van der Waals surface area contributed by atoms with E-state index in [1.54, 1.807) is 24.3 Å². The first kappa shape index (κ1) is 12.2. The van der Waals surface area contributed by atoms with Crippen molar-refractivity contribution >= 4 is 0 Å². The van der Waals surface area contributed by atoms with E-state index in [9.17, 15) is 8.78 Å². The highest BCUT2D eigenvalue weighted by molar-refractivity contribution is 5.26. The Labute approximate surface area is 90.3 Å². The zero-order valence-corrected chi connectivity index (χ0v) is 9.56. The predicted octanol–water partition coefficient (Wildman–Crippen LogP) is 4.39. The van der Waals surface area contributed by atoms with E-state index in [2.05, 4.69) is 13.8 Å². The summed E-state index contributed by atoms with van der Waals surface area (Å²) in [5, 5.41) is 0. The second-order valence-corrected chi connectivity index (χ2v) is 4.35. The number of hydrogen-bond donors (Lipinski definition) is 0. The molecule has 0 unspecified atom stereocenters. The summed E-state index contributed by atoms with van der Waals surface area (Å²) in [6.07, 6.45) is 0.800. The Kier molecular flexibility index (Phi) is 3.83. The fourth-order valence-electron chi connectivity index (χ4n) is 1.56. The van der Waals surface area contributed by atoms with E-state index in [1.165, 1.54) is 6.92 Å². The molecule has 0 aromatic heterocycles. The Hall–Kier alpha value is -0.920. The van der Waals surface area contributed by atoms with Gasteiger partial charge in [0.05, 0.1) is 0 Å². The predicted molar refractivity (Wildman–Crippen MR) is 59.2 cm³/mol. The van der Waals surface area contributed by atoms with Crippen molar-refractivity contribution in [2.24, 2.45) is 5.92 Å². The zero-order valence-electron chi connectivity index (χ0n) is 9.56. The third-order valence-corrected chi connectivity index (χ3v) is 2.46. The van der Waals surface area contributed by atoms with Crippen molar-refractivity contribution in [3.63, 3.8) is 0 Å². The molecule has 84 valence electrons. The second kappa shape index (κ2) is 4.73. The van der Waals surface area contributed by atoms with Gasteiger partial charge in [-0.3, -0.25) is 0 Å². The van der Waals surface area contributed by atoms with Crippen LogP contribution in [0.25, 0.3) is 0 Å². The zero-order chi connectivity index (χ0) is 11.5. The molecule has 0 fully saturated rings. The van der Waals surface area contributed by atoms with Crippen LogP contribution in [0, 0.1) is 5.92 Å². The first-order valence-corrected chi connectivity index (χ1v) is 5.43. The molecule has 0 spiro atoms.